The Hall–Kier alpha value is -2.24. The topological polar surface area (TPSA) is 84.9 Å². The number of amides is 1. The van der Waals surface area contributed by atoms with E-state index in [0.29, 0.717) is 36.4 Å². The van der Waals surface area contributed by atoms with Crippen LogP contribution in [0.2, 0.25) is 0 Å². The van der Waals surface area contributed by atoms with Gasteiger partial charge in [0.2, 0.25) is 12.7 Å². The van der Waals surface area contributed by atoms with Gasteiger partial charge in [0.15, 0.2) is 11.5 Å². The molecule has 2 atom stereocenters. The highest BCUT2D eigenvalue weighted by Gasteiger charge is 2.33. The largest absolute Gasteiger partial charge is 0.481 e. The van der Waals surface area contributed by atoms with Gasteiger partial charge in [0.1, 0.15) is 0 Å². The molecule has 6 nitrogen and oxygen atoms in total. The van der Waals surface area contributed by atoms with E-state index in [4.69, 9.17) is 14.6 Å². The Kier molecular flexibility index (Phi) is 3.22. The van der Waals surface area contributed by atoms with E-state index in [9.17, 15) is 9.59 Å². The number of ether oxygens (including phenoxy) is 2. The lowest BCUT2D eigenvalue weighted by molar-refractivity contribution is -0.141. The molecule has 2 N–H and O–H groups in total. The molecule has 2 aliphatic rings. The van der Waals surface area contributed by atoms with Gasteiger partial charge in [-0.2, -0.15) is 0 Å². The van der Waals surface area contributed by atoms with Crippen LogP contribution in [0.4, 0.5) is 5.69 Å². The van der Waals surface area contributed by atoms with Gasteiger partial charge in [-0.15, -0.1) is 0 Å². The molecule has 0 saturated heterocycles. The summed E-state index contributed by atoms with van der Waals surface area (Å²) in [6.07, 6.45) is 1.59. The maximum Gasteiger partial charge on any atom is 0.306 e. The number of carbonyl (C=O) groups is 2. The fourth-order valence-electron chi connectivity index (χ4n) is 2.66. The average molecular weight is 277 g/mol. The summed E-state index contributed by atoms with van der Waals surface area (Å²) in [5, 5.41) is 11.8. The van der Waals surface area contributed by atoms with Crippen molar-refractivity contribution in [2.45, 2.75) is 19.3 Å². The smallest absolute Gasteiger partial charge is 0.306 e. The molecular weight excluding hydrogens is 262 g/mol. The van der Waals surface area contributed by atoms with Crippen LogP contribution in [0.5, 0.6) is 11.5 Å². The summed E-state index contributed by atoms with van der Waals surface area (Å²) < 4.78 is 10.4. The van der Waals surface area contributed by atoms with Crippen molar-refractivity contribution in [1.29, 1.82) is 0 Å². The minimum Gasteiger partial charge on any atom is -0.481 e. The zero-order valence-electron chi connectivity index (χ0n) is 10.8. The molecule has 1 heterocycles. The van der Waals surface area contributed by atoms with Crippen molar-refractivity contribution in [3.05, 3.63) is 18.2 Å². The lowest BCUT2D eigenvalue weighted by Crippen LogP contribution is -2.21. The molecule has 1 amide bonds. The molecular formula is C14H15NO5. The number of anilines is 1. The minimum atomic E-state index is -0.816. The summed E-state index contributed by atoms with van der Waals surface area (Å²) in [6.45, 7) is 0.190. The lowest BCUT2D eigenvalue weighted by atomic mass is 10.0. The third kappa shape index (κ3) is 2.41. The molecule has 1 fully saturated rings. The van der Waals surface area contributed by atoms with Gasteiger partial charge in [-0.3, -0.25) is 9.59 Å². The van der Waals surface area contributed by atoms with Crippen molar-refractivity contribution >= 4 is 17.6 Å². The van der Waals surface area contributed by atoms with Gasteiger partial charge in [0.25, 0.3) is 0 Å². The predicted molar refractivity (Wildman–Crippen MR) is 69.7 cm³/mol. The Bertz CT molecular complexity index is 556. The van der Waals surface area contributed by atoms with E-state index in [-0.39, 0.29) is 18.6 Å². The molecule has 106 valence electrons. The van der Waals surface area contributed by atoms with Crippen molar-refractivity contribution in [1.82, 2.24) is 0 Å². The van der Waals surface area contributed by atoms with E-state index in [0.717, 1.165) is 0 Å². The van der Waals surface area contributed by atoms with Crippen LogP contribution in [0.25, 0.3) is 0 Å². The molecule has 1 aliphatic carbocycles. The van der Waals surface area contributed by atoms with E-state index in [1.165, 1.54) is 0 Å². The number of fused-ring (bicyclic) bond motifs is 1. The zero-order chi connectivity index (χ0) is 14.1. The van der Waals surface area contributed by atoms with Crippen LogP contribution in [-0.2, 0) is 9.59 Å². The lowest BCUT2D eigenvalue weighted by Gasteiger charge is -2.11. The molecule has 1 aromatic carbocycles. The second-order valence-electron chi connectivity index (χ2n) is 5.10. The molecule has 1 aromatic rings. The number of carboxylic acid groups (broad SMARTS) is 1. The first kappa shape index (κ1) is 12.8. The first-order valence-electron chi connectivity index (χ1n) is 6.57. The summed E-state index contributed by atoms with van der Waals surface area (Å²) >= 11 is 0. The highest BCUT2D eigenvalue weighted by atomic mass is 16.7. The zero-order valence-corrected chi connectivity index (χ0v) is 10.8. The number of aliphatic carboxylic acids is 1. The molecule has 20 heavy (non-hydrogen) atoms. The van der Waals surface area contributed by atoms with Crippen molar-refractivity contribution in [2.24, 2.45) is 11.8 Å². The second-order valence-corrected chi connectivity index (χ2v) is 5.10. The van der Waals surface area contributed by atoms with E-state index < -0.39 is 11.9 Å². The van der Waals surface area contributed by atoms with Crippen LogP contribution in [0.3, 0.4) is 0 Å². The van der Waals surface area contributed by atoms with Crippen LogP contribution in [0.15, 0.2) is 18.2 Å². The van der Waals surface area contributed by atoms with Crippen LogP contribution < -0.4 is 14.8 Å². The van der Waals surface area contributed by atoms with Crippen LogP contribution >= 0.6 is 0 Å². The average Bonchev–Trinajstić information content (AvgIpc) is 3.07. The monoisotopic (exact) mass is 277 g/mol. The SMILES string of the molecule is O=C(O)C1CCC(C(=O)Nc2ccc3c(c2)OCO3)C1. The van der Waals surface area contributed by atoms with Gasteiger partial charge in [-0.05, 0) is 31.4 Å². The Morgan fingerprint density at radius 2 is 1.90 bits per heavy atom. The third-order valence-corrected chi connectivity index (χ3v) is 3.79. The molecule has 2 unspecified atom stereocenters. The third-order valence-electron chi connectivity index (χ3n) is 3.79. The van der Waals surface area contributed by atoms with Crippen LogP contribution in [-0.4, -0.2) is 23.8 Å². The normalized spacial score (nSPS) is 23.6. The molecule has 0 bridgehead atoms. The number of nitrogens with one attached hydrogen (secondary N) is 1. The molecule has 1 aliphatic heterocycles. The number of hydrogen-bond donors (Lipinski definition) is 2. The Balaban J connectivity index is 1.63. The number of hydrogen-bond acceptors (Lipinski definition) is 4. The van der Waals surface area contributed by atoms with Crippen molar-refractivity contribution < 1.29 is 24.2 Å². The van der Waals surface area contributed by atoms with Gasteiger partial charge in [-0.1, -0.05) is 0 Å². The highest BCUT2D eigenvalue weighted by Crippen LogP contribution is 2.35. The molecule has 0 aromatic heterocycles. The predicted octanol–water partition coefficient (Wildman–Crippen LogP) is 1.85. The minimum absolute atomic E-state index is 0.132. The number of carboxylic acids is 1. The number of benzene rings is 1. The highest BCUT2D eigenvalue weighted by molar-refractivity contribution is 5.93. The van der Waals surface area contributed by atoms with Gasteiger partial charge in [0.05, 0.1) is 5.92 Å². The van der Waals surface area contributed by atoms with Crippen molar-refractivity contribution in [2.75, 3.05) is 12.1 Å². The summed E-state index contributed by atoms with van der Waals surface area (Å²) in [5.41, 5.74) is 0.637. The maximum absolute atomic E-state index is 12.1. The Labute approximate surface area is 115 Å². The Morgan fingerprint density at radius 1 is 1.15 bits per heavy atom. The van der Waals surface area contributed by atoms with Gasteiger partial charge < -0.3 is 19.9 Å². The molecule has 0 spiro atoms. The fraction of sp³-hybridized carbons (Fsp3) is 0.429. The van der Waals surface area contributed by atoms with Crippen LogP contribution in [0.1, 0.15) is 19.3 Å². The van der Waals surface area contributed by atoms with Crippen molar-refractivity contribution in [3.8, 4) is 11.5 Å². The maximum atomic E-state index is 12.1. The molecule has 3 rings (SSSR count). The van der Waals surface area contributed by atoms with Gasteiger partial charge in [0, 0.05) is 17.7 Å². The van der Waals surface area contributed by atoms with E-state index >= 15 is 0 Å². The molecule has 6 heteroatoms. The molecule has 0 radical (unpaired) electrons. The Morgan fingerprint density at radius 3 is 2.65 bits per heavy atom. The summed E-state index contributed by atoms with van der Waals surface area (Å²) in [6, 6.07) is 5.20. The van der Waals surface area contributed by atoms with Crippen LogP contribution in [0, 0.1) is 11.8 Å². The second kappa shape index (κ2) is 5.03. The summed E-state index contributed by atoms with van der Waals surface area (Å²) in [4.78, 5) is 23.0. The molecule has 1 saturated carbocycles. The van der Waals surface area contributed by atoms with E-state index in [2.05, 4.69) is 5.32 Å². The number of rotatable bonds is 3. The van der Waals surface area contributed by atoms with E-state index in [1.54, 1.807) is 18.2 Å². The summed E-state index contributed by atoms with van der Waals surface area (Å²) in [5.74, 6) is -0.313. The first-order chi connectivity index (χ1) is 9.63. The standard InChI is InChI=1S/C14H15NO5/c16-13(8-1-2-9(5-8)14(17)18)15-10-3-4-11-12(6-10)20-7-19-11/h3-4,6,8-9H,1-2,5,7H2,(H,15,16)(H,17,18). The van der Waals surface area contributed by atoms with Gasteiger partial charge >= 0.3 is 5.97 Å². The number of carbonyl (C=O) groups excluding carboxylic acids is 1. The van der Waals surface area contributed by atoms with Gasteiger partial charge in [-0.25, -0.2) is 0 Å². The quantitative estimate of drug-likeness (QED) is 0.880. The summed E-state index contributed by atoms with van der Waals surface area (Å²) in [7, 11) is 0. The first-order valence-corrected chi connectivity index (χ1v) is 6.57. The van der Waals surface area contributed by atoms with E-state index in [1.807, 2.05) is 0 Å². The van der Waals surface area contributed by atoms with Crippen molar-refractivity contribution in [3.63, 3.8) is 0 Å². The fourth-order valence-corrected chi connectivity index (χ4v) is 2.66.